The van der Waals surface area contributed by atoms with Crippen molar-refractivity contribution in [2.45, 2.75) is 90.9 Å². The van der Waals surface area contributed by atoms with Crippen molar-refractivity contribution in [2.75, 3.05) is 11.9 Å². The summed E-state index contributed by atoms with van der Waals surface area (Å²) in [5.74, 6) is 0.616. The predicted molar refractivity (Wildman–Crippen MR) is 117 cm³/mol. The van der Waals surface area contributed by atoms with Gasteiger partial charge in [0.2, 0.25) is 0 Å². The lowest BCUT2D eigenvalue weighted by molar-refractivity contribution is 0.563. The first-order valence-corrected chi connectivity index (χ1v) is 10.7. The largest absolute Gasteiger partial charge is 0.362 e. The molecular weight excluding hydrogens is 324 g/mol. The van der Waals surface area contributed by atoms with Gasteiger partial charge in [0.05, 0.1) is 0 Å². The van der Waals surface area contributed by atoms with Crippen LogP contribution >= 0.6 is 12.2 Å². The summed E-state index contributed by atoms with van der Waals surface area (Å²) in [5, 5.41) is 7.33. The van der Waals surface area contributed by atoms with Gasteiger partial charge in [-0.1, -0.05) is 84.3 Å². The second-order valence-electron chi connectivity index (χ2n) is 7.14. The van der Waals surface area contributed by atoms with Crippen LogP contribution in [0.1, 0.15) is 96.5 Å². The molecule has 2 nitrogen and oxygen atoms in total. The quantitative estimate of drug-likeness (QED) is 0.291. The molecule has 1 atom stereocenters. The van der Waals surface area contributed by atoms with Crippen molar-refractivity contribution in [3.8, 4) is 0 Å². The molecule has 1 rings (SSSR count). The standard InChI is InChI=1S/C22H38N2S/c1-4-6-7-8-9-10-11-12-13-18-23-22(25)24-21-16-14-20(15-17-21)19(3)5-2/h14-17,19H,4-13,18H2,1-3H3,(H2,23,24,25). The summed E-state index contributed by atoms with van der Waals surface area (Å²) < 4.78 is 0. The smallest absolute Gasteiger partial charge is 0.170 e. The van der Waals surface area contributed by atoms with E-state index < -0.39 is 0 Å². The van der Waals surface area contributed by atoms with Gasteiger partial charge < -0.3 is 10.6 Å². The van der Waals surface area contributed by atoms with Crippen molar-refractivity contribution in [1.29, 1.82) is 0 Å². The van der Waals surface area contributed by atoms with Crippen molar-refractivity contribution < 1.29 is 0 Å². The fourth-order valence-corrected chi connectivity index (χ4v) is 3.16. The molecule has 25 heavy (non-hydrogen) atoms. The molecule has 0 bridgehead atoms. The zero-order valence-corrected chi connectivity index (χ0v) is 17.4. The van der Waals surface area contributed by atoms with Gasteiger partial charge in [-0.25, -0.2) is 0 Å². The molecule has 0 aromatic heterocycles. The van der Waals surface area contributed by atoms with Gasteiger partial charge >= 0.3 is 0 Å². The SMILES string of the molecule is CCCCCCCCCCCNC(=S)Nc1ccc(C(C)CC)cc1. The Kier molecular flexibility index (Phi) is 12.4. The number of hydrogen-bond donors (Lipinski definition) is 2. The summed E-state index contributed by atoms with van der Waals surface area (Å²) in [6.45, 7) is 7.73. The lowest BCUT2D eigenvalue weighted by Gasteiger charge is -2.13. The van der Waals surface area contributed by atoms with Gasteiger partial charge in [-0.2, -0.15) is 0 Å². The first-order chi connectivity index (χ1) is 12.2. The van der Waals surface area contributed by atoms with Crippen LogP contribution in [0, 0.1) is 0 Å². The van der Waals surface area contributed by atoms with Crippen molar-refractivity contribution in [2.24, 2.45) is 0 Å². The third-order valence-electron chi connectivity index (χ3n) is 4.92. The molecule has 142 valence electrons. The van der Waals surface area contributed by atoms with Gasteiger partial charge in [-0.05, 0) is 48.7 Å². The van der Waals surface area contributed by atoms with E-state index in [0.717, 1.165) is 17.3 Å². The average molecular weight is 363 g/mol. The highest BCUT2D eigenvalue weighted by Crippen LogP contribution is 2.20. The van der Waals surface area contributed by atoms with E-state index in [1.807, 2.05) is 0 Å². The fourth-order valence-electron chi connectivity index (χ4n) is 2.94. The monoisotopic (exact) mass is 362 g/mol. The maximum Gasteiger partial charge on any atom is 0.170 e. The van der Waals surface area contributed by atoms with Crippen LogP contribution in [0.2, 0.25) is 0 Å². The Morgan fingerprint density at radius 3 is 2.00 bits per heavy atom. The van der Waals surface area contributed by atoms with E-state index in [4.69, 9.17) is 12.2 Å². The van der Waals surface area contributed by atoms with Gasteiger partial charge in [0.15, 0.2) is 5.11 Å². The summed E-state index contributed by atoms with van der Waals surface area (Å²) in [5.41, 5.74) is 2.46. The lowest BCUT2D eigenvalue weighted by atomic mass is 9.99. The first kappa shape index (κ1) is 22.0. The molecule has 0 amide bonds. The second kappa shape index (κ2) is 14.1. The van der Waals surface area contributed by atoms with E-state index in [-0.39, 0.29) is 0 Å². The third kappa shape index (κ3) is 10.5. The molecule has 0 aliphatic carbocycles. The molecule has 1 aromatic rings. The van der Waals surface area contributed by atoms with Crippen molar-refractivity contribution >= 4 is 23.0 Å². The maximum atomic E-state index is 5.38. The van der Waals surface area contributed by atoms with Crippen LogP contribution in [-0.2, 0) is 0 Å². The summed E-state index contributed by atoms with van der Waals surface area (Å²) in [6.07, 6.45) is 13.4. The normalized spacial score (nSPS) is 12.0. The summed E-state index contributed by atoms with van der Waals surface area (Å²) in [4.78, 5) is 0. The van der Waals surface area contributed by atoms with E-state index in [0.29, 0.717) is 5.92 Å². The van der Waals surface area contributed by atoms with E-state index in [1.165, 1.54) is 69.8 Å². The number of benzene rings is 1. The molecule has 3 heteroatoms. The minimum atomic E-state index is 0.616. The number of thiocarbonyl (C=S) groups is 1. The number of hydrogen-bond acceptors (Lipinski definition) is 1. The van der Waals surface area contributed by atoms with Crippen LogP contribution in [0.25, 0.3) is 0 Å². The lowest BCUT2D eigenvalue weighted by Crippen LogP contribution is -2.29. The van der Waals surface area contributed by atoms with Gasteiger partial charge in [0.1, 0.15) is 0 Å². The molecular formula is C22H38N2S. The van der Waals surface area contributed by atoms with Crippen LogP contribution in [0.5, 0.6) is 0 Å². The van der Waals surface area contributed by atoms with Crippen LogP contribution < -0.4 is 10.6 Å². The van der Waals surface area contributed by atoms with Crippen LogP contribution in [0.4, 0.5) is 5.69 Å². The summed E-state index contributed by atoms with van der Waals surface area (Å²) >= 11 is 5.38. The molecule has 0 spiro atoms. The molecule has 1 unspecified atom stereocenters. The number of anilines is 1. The Labute approximate surface area is 161 Å². The molecule has 0 saturated heterocycles. The highest BCUT2D eigenvalue weighted by molar-refractivity contribution is 7.80. The zero-order valence-electron chi connectivity index (χ0n) is 16.6. The van der Waals surface area contributed by atoms with Crippen molar-refractivity contribution in [3.63, 3.8) is 0 Å². The molecule has 0 heterocycles. The third-order valence-corrected chi connectivity index (χ3v) is 5.16. The van der Waals surface area contributed by atoms with Gasteiger partial charge in [0, 0.05) is 12.2 Å². The molecule has 0 saturated carbocycles. The Morgan fingerprint density at radius 2 is 1.44 bits per heavy atom. The van der Waals surface area contributed by atoms with Gasteiger partial charge in [-0.3, -0.25) is 0 Å². The van der Waals surface area contributed by atoms with E-state index in [9.17, 15) is 0 Å². The van der Waals surface area contributed by atoms with Crippen molar-refractivity contribution in [1.82, 2.24) is 5.32 Å². The van der Waals surface area contributed by atoms with Crippen molar-refractivity contribution in [3.05, 3.63) is 29.8 Å². The molecule has 1 aromatic carbocycles. The number of unbranched alkanes of at least 4 members (excludes halogenated alkanes) is 8. The van der Waals surface area contributed by atoms with E-state index in [2.05, 4.69) is 55.7 Å². The van der Waals surface area contributed by atoms with Crippen LogP contribution in [-0.4, -0.2) is 11.7 Å². The summed E-state index contributed by atoms with van der Waals surface area (Å²) in [7, 11) is 0. The molecule has 2 N–H and O–H groups in total. The number of nitrogens with one attached hydrogen (secondary N) is 2. The average Bonchev–Trinajstić information content (AvgIpc) is 2.63. The second-order valence-corrected chi connectivity index (χ2v) is 7.55. The van der Waals surface area contributed by atoms with E-state index >= 15 is 0 Å². The van der Waals surface area contributed by atoms with Gasteiger partial charge in [0.25, 0.3) is 0 Å². The first-order valence-electron chi connectivity index (χ1n) is 10.3. The Balaban J connectivity index is 2.05. The predicted octanol–water partition coefficient (Wildman–Crippen LogP) is 7.02. The summed E-state index contributed by atoms with van der Waals surface area (Å²) in [6, 6.07) is 8.63. The Morgan fingerprint density at radius 1 is 0.880 bits per heavy atom. The highest BCUT2D eigenvalue weighted by Gasteiger charge is 2.03. The molecule has 0 fully saturated rings. The Bertz CT molecular complexity index is 456. The minimum Gasteiger partial charge on any atom is -0.362 e. The van der Waals surface area contributed by atoms with Crippen LogP contribution in [0.15, 0.2) is 24.3 Å². The van der Waals surface area contributed by atoms with E-state index in [1.54, 1.807) is 0 Å². The minimum absolute atomic E-state index is 0.616. The number of rotatable bonds is 13. The molecule has 0 aliphatic rings. The Hall–Kier alpha value is -1.09. The van der Waals surface area contributed by atoms with Gasteiger partial charge in [-0.15, -0.1) is 0 Å². The molecule has 0 aliphatic heterocycles. The molecule has 0 radical (unpaired) electrons. The maximum absolute atomic E-state index is 5.38. The topological polar surface area (TPSA) is 24.1 Å². The fraction of sp³-hybridized carbons (Fsp3) is 0.682. The highest BCUT2D eigenvalue weighted by atomic mass is 32.1. The zero-order chi connectivity index (χ0) is 18.3. The van der Waals surface area contributed by atoms with Crippen LogP contribution in [0.3, 0.4) is 0 Å².